The average Bonchev–Trinajstić information content (AvgIpc) is 2.54. The molecular formula is C17H14ClIN2O3. The largest absolute Gasteiger partial charge is 0.490 e. The normalized spacial score (nSPS) is 12.8. The van der Waals surface area contributed by atoms with Crippen LogP contribution >= 0.6 is 34.2 Å². The number of amides is 1. The van der Waals surface area contributed by atoms with Gasteiger partial charge in [-0.1, -0.05) is 11.6 Å². The lowest BCUT2D eigenvalue weighted by Crippen LogP contribution is -2.45. The fourth-order valence-electron chi connectivity index (χ4n) is 1.77. The van der Waals surface area contributed by atoms with Gasteiger partial charge in [0, 0.05) is 14.3 Å². The van der Waals surface area contributed by atoms with Crippen LogP contribution in [0.2, 0.25) is 5.02 Å². The average molecular weight is 457 g/mol. The molecule has 2 aromatic rings. The number of ether oxygens (including phenoxy) is 1. The van der Waals surface area contributed by atoms with Crippen LogP contribution in [0.25, 0.3) is 0 Å². The standard InChI is InChI=1S/C17H14ClIN2O3/c1-17(23,10-24-14-6-3-12(18)4-7-14)16(22)21-13-5-2-11(9-20)15(19)8-13/h2-8,23H,10H2,1H3,(H,21,22)/t17-/m0/s1. The van der Waals surface area contributed by atoms with Crippen LogP contribution in [-0.2, 0) is 4.79 Å². The van der Waals surface area contributed by atoms with Crippen molar-refractivity contribution < 1.29 is 14.6 Å². The second kappa shape index (κ2) is 7.83. The molecule has 2 aromatic carbocycles. The SMILES string of the molecule is C[C@](O)(COc1ccc(Cl)cc1)C(=O)Nc1ccc(C#N)c(I)c1. The number of carbonyl (C=O) groups is 1. The molecule has 0 fully saturated rings. The van der Waals surface area contributed by atoms with Crippen LogP contribution in [0.4, 0.5) is 5.69 Å². The van der Waals surface area contributed by atoms with E-state index in [0.29, 0.717) is 25.6 Å². The quantitative estimate of drug-likeness (QED) is 0.674. The van der Waals surface area contributed by atoms with Crippen LogP contribution in [0, 0.1) is 14.9 Å². The van der Waals surface area contributed by atoms with Crippen LogP contribution in [-0.4, -0.2) is 23.2 Å². The van der Waals surface area contributed by atoms with E-state index in [1.54, 1.807) is 42.5 Å². The summed E-state index contributed by atoms with van der Waals surface area (Å²) >= 11 is 7.80. The van der Waals surface area contributed by atoms with Crippen LogP contribution < -0.4 is 10.1 Å². The van der Waals surface area contributed by atoms with Gasteiger partial charge >= 0.3 is 0 Å². The van der Waals surface area contributed by atoms with Gasteiger partial charge in [-0.05, 0) is 72.0 Å². The molecule has 1 amide bonds. The zero-order valence-corrected chi connectivity index (χ0v) is 15.6. The molecule has 0 heterocycles. The maximum atomic E-state index is 12.2. The molecule has 5 nitrogen and oxygen atoms in total. The predicted octanol–water partition coefficient (Wildman–Crippen LogP) is 3.58. The van der Waals surface area contributed by atoms with Crippen LogP contribution in [0.15, 0.2) is 42.5 Å². The van der Waals surface area contributed by atoms with Crippen LogP contribution in [0.5, 0.6) is 5.75 Å². The number of benzene rings is 2. The molecule has 0 spiro atoms. The Kier molecular flexibility index (Phi) is 6.04. The van der Waals surface area contributed by atoms with E-state index in [1.165, 1.54) is 6.92 Å². The molecule has 1 atom stereocenters. The number of anilines is 1. The van der Waals surface area contributed by atoms with Gasteiger partial charge in [0.2, 0.25) is 0 Å². The fourth-order valence-corrected chi connectivity index (χ4v) is 2.53. The summed E-state index contributed by atoms with van der Waals surface area (Å²) in [5, 5.41) is 22.4. The van der Waals surface area contributed by atoms with E-state index in [0.717, 1.165) is 0 Å². The summed E-state index contributed by atoms with van der Waals surface area (Å²) in [6.07, 6.45) is 0. The molecule has 7 heteroatoms. The number of hydrogen-bond donors (Lipinski definition) is 2. The highest BCUT2D eigenvalue weighted by atomic mass is 127. The highest BCUT2D eigenvalue weighted by Crippen LogP contribution is 2.20. The van der Waals surface area contributed by atoms with E-state index >= 15 is 0 Å². The molecule has 0 aliphatic heterocycles. The third-order valence-corrected chi connectivity index (χ3v) is 4.31. The summed E-state index contributed by atoms with van der Waals surface area (Å²) in [5.74, 6) is -0.0997. The summed E-state index contributed by atoms with van der Waals surface area (Å²) in [7, 11) is 0. The molecule has 2 N–H and O–H groups in total. The summed E-state index contributed by atoms with van der Waals surface area (Å²) in [4.78, 5) is 12.2. The second-order valence-electron chi connectivity index (χ2n) is 5.28. The van der Waals surface area contributed by atoms with Crippen molar-refractivity contribution in [2.24, 2.45) is 0 Å². The van der Waals surface area contributed by atoms with E-state index < -0.39 is 11.5 Å². The highest BCUT2D eigenvalue weighted by molar-refractivity contribution is 14.1. The van der Waals surface area contributed by atoms with Crippen molar-refractivity contribution in [3.63, 3.8) is 0 Å². The lowest BCUT2D eigenvalue weighted by Gasteiger charge is -2.22. The molecule has 0 saturated heterocycles. The molecular weight excluding hydrogens is 443 g/mol. The van der Waals surface area contributed by atoms with Gasteiger partial charge in [0.05, 0.1) is 5.56 Å². The van der Waals surface area contributed by atoms with Gasteiger partial charge in [0.15, 0.2) is 5.60 Å². The third-order valence-electron chi connectivity index (χ3n) is 3.17. The van der Waals surface area contributed by atoms with Gasteiger partial charge in [-0.3, -0.25) is 4.79 Å². The molecule has 0 radical (unpaired) electrons. The molecule has 24 heavy (non-hydrogen) atoms. The third kappa shape index (κ3) is 4.84. The molecule has 124 valence electrons. The van der Waals surface area contributed by atoms with E-state index in [4.69, 9.17) is 21.6 Å². The smallest absolute Gasteiger partial charge is 0.259 e. The molecule has 2 rings (SSSR count). The maximum absolute atomic E-state index is 12.2. The monoisotopic (exact) mass is 456 g/mol. The minimum absolute atomic E-state index is 0.214. The Hall–Kier alpha value is -1.82. The summed E-state index contributed by atoms with van der Waals surface area (Å²) < 4.78 is 6.14. The van der Waals surface area contributed by atoms with Crippen molar-refractivity contribution >= 4 is 45.8 Å². The second-order valence-corrected chi connectivity index (χ2v) is 6.88. The van der Waals surface area contributed by atoms with E-state index in [-0.39, 0.29) is 6.61 Å². The first-order valence-corrected chi connectivity index (χ1v) is 8.39. The number of nitrogens with one attached hydrogen (secondary N) is 1. The molecule has 0 aliphatic rings. The number of nitrogens with zero attached hydrogens (tertiary/aromatic N) is 1. The van der Waals surface area contributed by atoms with E-state index in [9.17, 15) is 9.90 Å². The van der Waals surface area contributed by atoms with Gasteiger partial charge in [-0.15, -0.1) is 0 Å². The lowest BCUT2D eigenvalue weighted by molar-refractivity contribution is -0.135. The Bertz CT molecular complexity index is 785. The van der Waals surface area contributed by atoms with Crippen molar-refractivity contribution in [3.8, 4) is 11.8 Å². The van der Waals surface area contributed by atoms with Gasteiger partial charge in [-0.25, -0.2) is 0 Å². The molecule has 0 aliphatic carbocycles. The number of nitriles is 1. The molecule has 0 aromatic heterocycles. The first kappa shape index (κ1) is 18.5. The van der Waals surface area contributed by atoms with E-state index in [1.807, 2.05) is 28.7 Å². The van der Waals surface area contributed by atoms with Crippen LogP contribution in [0.1, 0.15) is 12.5 Å². The number of halogens is 2. The summed E-state index contributed by atoms with van der Waals surface area (Å²) in [6, 6.07) is 13.5. The Balaban J connectivity index is 2.00. The van der Waals surface area contributed by atoms with Gasteiger partial charge in [-0.2, -0.15) is 5.26 Å². The number of rotatable bonds is 5. The fraction of sp³-hybridized carbons (Fsp3) is 0.176. The van der Waals surface area contributed by atoms with Crippen molar-refractivity contribution in [2.75, 3.05) is 11.9 Å². The van der Waals surface area contributed by atoms with Crippen molar-refractivity contribution in [1.82, 2.24) is 0 Å². The van der Waals surface area contributed by atoms with E-state index in [2.05, 4.69) is 5.32 Å². The lowest BCUT2D eigenvalue weighted by atomic mass is 10.1. The minimum Gasteiger partial charge on any atom is -0.490 e. The molecule has 0 bridgehead atoms. The Morgan fingerprint density at radius 2 is 2.04 bits per heavy atom. The zero-order chi connectivity index (χ0) is 17.7. The van der Waals surface area contributed by atoms with Gasteiger partial charge in [0.1, 0.15) is 18.4 Å². The summed E-state index contributed by atoms with van der Waals surface area (Å²) in [6.45, 7) is 1.15. The first-order chi connectivity index (χ1) is 11.3. The van der Waals surface area contributed by atoms with Crippen molar-refractivity contribution in [1.29, 1.82) is 5.26 Å². The number of carbonyl (C=O) groups excluding carboxylic acids is 1. The Morgan fingerprint density at radius 3 is 2.62 bits per heavy atom. The van der Waals surface area contributed by atoms with Crippen molar-refractivity contribution in [3.05, 3.63) is 56.6 Å². The van der Waals surface area contributed by atoms with Crippen molar-refractivity contribution in [2.45, 2.75) is 12.5 Å². The number of aliphatic hydroxyl groups is 1. The zero-order valence-electron chi connectivity index (χ0n) is 12.7. The Morgan fingerprint density at radius 1 is 1.38 bits per heavy atom. The minimum atomic E-state index is -1.72. The van der Waals surface area contributed by atoms with Gasteiger partial charge in [0.25, 0.3) is 5.91 Å². The first-order valence-electron chi connectivity index (χ1n) is 6.94. The highest BCUT2D eigenvalue weighted by Gasteiger charge is 2.31. The maximum Gasteiger partial charge on any atom is 0.259 e. The Labute approximate surface area is 158 Å². The predicted molar refractivity (Wildman–Crippen MR) is 100 cm³/mol. The topological polar surface area (TPSA) is 82.3 Å². The molecule has 0 unspecified atom stereocenters. The van der Waals surface area contributed by atoms with Gasteiger partial charge < -0.3 is 15.2 Å². The molecule has 0 saturated carbocycles. The van der Waals surface area contributed by atoms with Crippen LogP contribution in [0.3, 0.4) is 0 Å². The number of hydrogen-bond acceptors (Lipinski definition) is 4. The summed E-state index contributed by atoms with van der Waals surface area (Å²) in [5.41, 5.74) is -0.708.